The van der Waals surface area contributed by atoms with Crippen molar-refractivity contribution >= 4 is 17.5 Å². The van der Waals surface area contributed by atoms with E-state index in [1.54, 1.807) is 4.90 Å². The molecular formula is C24H28N2O4. The predicted molar refractivity (Wildman–Crippen MR) is 115 cm³/mol. The Kier molecular flexibility index (Phi) is 5.41. The van der Waals surface area contributed by atoms with Crippen LogP contribution in [0.2, 0.25) is 0 Å². The summed E-state index contributed by atoms with van der Waals surface area (Å²) in [5.74, 6) is 0.815. The molecule has 1 fully saturated rings. The first-order chi connectivity index (χ1) is 14.3. The van der Waals surface area contributed by atoms with Crippen molar-refractivity contribution in [3.63, 3.8) is 0 Å². The molecule has 0 radical (unpaired) electrons. The second-order valence-corrected chi connectivity index (χ2v) is 8.71. The van der Waals surface area contributed by atoms with Gasteiger partial charge >= 0.3 is 0 Å². The minimum Gasteiger partial charge on any atom is -0.486 e. The number of ether oxygens (including phenoxy) is 2. The summed E-state index contributed by atoms with van der Waals surface area (Å²) in [6, 6.07) is 13.7. The van der Waals surface area contributed by atoms with Crippen LogP contribution in [-0.2, 0) is 16.0 Å². The zero-order valence-corrected chi connectivity index (χ0v) is 17.7. The number of nitrogens with zero attached hydrogens (tertiary/aromatic N) is 1. The van der Waals surface area contributed by atoms with Gasteiger partial charge in [0.15, 0.2) is 11.5 Å². The van der Waals surface area contributed by atoms with Gasteiger partial charge in [0.25, 0.3) is 0 Å². The van der Waals surface area contributed by atoms with E-state index in [-0.39, 0.29) is 24.2 Å². The Bertz CT molecular complexity index is 969. The van der Waals surface area contributed by atoms with Crippen LogP contribution in [0.25, 0.3) is 0 Å². The number of fused-ring (bicyclic) bond motifs is 1. The van der Waals surface area contributed by atoms with Crippen LogP contribution in [0.1, 0.15) is 31.4 Å². The Labute approximate surface area is 177 Å². The largest absolute Gasteiger partial charge is 0.486 e. The normalized spacial score (nSPS) is 18.4. The summed E-state index contributed by atoms with van der Waals surface area (Å²) < 4.78 is 11.2. The first-order valence-electron chi connectivity index (χ1n) is 10.4. The maximum absolute atomic E-state index is 13.0. The molecule has 2 aliphatic heterocycles. The van der Waals surface area contributed by atoms with E-state index in [0.29, 0.717) is 31.3 Å². The fourth-order valence-corrected chi connectivity index (χ4v) is 4.10. The first kappa shape index (κ1) is 20.3. The zero-order chi connectivity index (χ0) is 21.3. The van der Waals surface area contributed by atoms with Gasteiger partial charge in [-0.1, -0.05) is 24.3 Å². The second kappa shape index (κ2) is 8.01. The smallest absolute Gasteiger partial charge is 0.227 e. The third-order valence-corrected chi connectivity index (χ3v) is 5.69. The molecule has 2 aliphatic rings. The summed E-state index contributed by atoms with van der Waals surface area (Å²) >= 11 is 0. The second-order valence-electron chi connectivity index (χ2n) is 8.71. The van der Waals surface area contributed by atoms with Gasteiger partial charge in [0.05, 0.1) is 5.92 Å². The lowest BCUT2D eigenvalue weighted by Crippen LogP contribution is -2.48. The van der Waals surface area contributed by atoms with Crippen LogP contribution < -0.4 is 19.7 Å². The number of benzene rings is 2. The number of hydrogen-bond donors (Lipinski definition) is 1. The minimum absolute atomic E-state index is 0.0523. The maximum atomic E-state index is 13.0. The van der Waals surface area contributed by atoms with Crippen molar-refractivity contribution in [2.45, 2.75) is 39.2 Å². The van der Waals surface area contributed by atoms with Gasteiger partial charge in [0, 0.05) is 30.3 Å². The summed E-state index contributed by atoms with van der Waals surface area (Å²) in [6.07, 6.45) is 0.943. The molecule has 4 rings (SSSR count). The highest BCUT2D eigenvalue weighted by Gasteiger charge is 2.37. The molecule has 158 valence electrons. The van der Waals surface area contributed by atoms with Gasteiger partial charge in [-0.2, -0.15) is 0 Å². The average molecular weight is 408 g/mol. The van der Waals surface area contributed by atoms with Gasteiger partial charge in [-0.25, -0.2) is 0 Å². The minimum atomic E-state index is -0.406. The highest BCUT2D eigenvalue weighted by atomic mass is 16.6. The molecule has 1 saturated heterocycles. The van der Waals surface area contributed by atoms with Crippen molar-refractivity contribution in [2.75, 3.05) is 24.7 Å². The van der Waals surface area contributed by atoms with Crippen molar-refractivity contribution in [1.82, 2.24) is 5.32 Å². The third-order valence-electron chi connectivity index (χ3n) is 5.69. The number of carbonyl (C=O) groups is 2. The van der Waals surface area contributed by atoms with E-state index < -0.39 is 5.54 Å². The summed E-state index contributed by atoms with van der Waals surface area (Å²) in [7, 11) is 0. The molecular weight excluding hydrogens is 380 g/mol. The molecule has 0 spiro atoms. The lowest BCUT2D eigenvalue weighted by atomic mass is 9.91. The van der Waals surface area contributed by atoms with Crippen LogP contribution in [-0.4, -0.2) is 37.1 Å². The fraction of sp³-hybridized carbons (Fsp3) is 0.417. The van der Waals surface area contributed by atoms with Gasteiger partial charge in [0.2, 0.25) is 11.8 Å². The first-order valence-corrected chi connectivity index (χ1v) is 10.4. The number of aryl methyl sites for hydroxylation is 1. The van der Waals surface area contributed by atoms with Crippen molar-refractivity contribution in [3.05, 3.63) is 53.6 Å². The van der Waals surface area contributed by atoms with E-state index in [2.05, 4.69) is 24.4 Å². The molecule has 2 aromatic rings. The molecule has 1 N–H and O–H groups in total. The number of nitrogens with one attached hydrogen (secondary N) is 1. The van der Waals surface area contributed by atoms with E-state index in [1.807, 2.05) is 44.2 Å². The molecule has 2 heterocycles. The van der Waals surface area contributed by atoms with Crippen molar-refractivity contribution in [3.8, 4) is 11.5 Å². The fourth-order valence-electron chi connectivity index (χ4n) is 4.10. The molecule has 2 aromatic carbocycles. The van der Waals surface area contributed by atoms with Crippen molar-refractivity contribution < 1.29 is 19.1 Å². The van der Waals surface area contributed by atoms with Gasteiger partial charge < -0.3 is 19.7 Å². The standard InChI is InChI=1S/C24H28N2O4/c1-16-6-4-5-7-17(16)14-24(2,3)25-23(28)18-12-22(27)26(15-18)19-8-9-20-21(13-19)30-11-10-29-20/h4-9,13,18H,10-12,14-15H2,1-3H3,(H,25,28). The number of anilines is 1. The molecule has 6 heteroatoms. The molecule has 0 bridgehead atoms. The number of amides is 2. The summed E-state index contributed by atoms with van der Waals surface area (Å²) in [4.78, 5) is 27.3. The van der Waals surface area contributed by atoms with Crippen LogP contribution in [0.5, 0.6) is 11.5 Å². The molecule has 6 nitrogen and oxygen atoms in total. The molecule has 0 aromatic heterocycles. The van der Waals surface area contributed by atoms with Crippen LogP contribution >= 0.6 is 0 Å². The summed E-state index contributed by atoms with van der Waals surface area (Å²) in [5.41, 5.74) is 2.75. The molecule has 1 atom stereocenters. The SMILES string of the molecule is Cc1ccccc1CC(C)(C)NC(=O)C1CC(=O)N(c2ccc3c(c2)OCCO3)C1. The van der Waals surface area contributed by atoms with Gasteiger partial charge in [-0.05, 0) is 50.5 Å². The van der Waals surface area contributed by atoms with Crippen LogP contribution in [0, 0.1) is 12.8 Å². The summed E-state index contributed by atoms with van der Waals surface area (Å²) in [6.45, 7) is 7.50. The van der Waals surface area contributed by atoms with Crippen LogP contribution in [0.4, 0.5) is 5.69 Å². The van der Waals surface area contributed by atoms with Crippen LogP contribution in [0.15, 0.2) is 42.5 Å². The van der Waals surface area contributed by atoms with Crippen molar-refractivity contribution in [1.29, 1.82) is 0 Å². The topological polar surface area (TPSA) is 67.9 Å². The molecule has 1 unspecified atom stereocenters. The summed E-state index contributed by atoms with van der Waals surface area (Å²) in [5, 5.41) is 3.15. The lowest BCUT2D eigenvalue weighted by molar-refractivity contribution is -0.127. The zero-order valence-electron chi connectivity index (χ0n) is 17.7. The van der Waals surface area contributed by atoms with Gasteiger partial charge in [-0.15, -0.1) is 0 Å². The van der Waals surface area contributed by atoms with E-state index in [1.165, 1.54) is 11.1 Å². The Morgan fingerprint density at radius 1 is 1.13 bits per heavy atom. The van der Waals surface area contributed by atoms with Gasteiger partial charge in [-0.3, -0.25) is 9.59 Å². The van der Waals surface area contributed by atoms with E-state index in [4.69, 9.17) is 9.47 Å². The third kappa shape index (κ3) is 4.27. The Hall–Kier alpha value is -3.02. The molecule has 2 amide bonds. The maximum Gasteiger partial charge on any atom is 0.227 e. The van der Waals surface area contributed by atoms with Crippen molar-refractivity contribution in [2.24, 2.45) is 5.92 Å². The highest BCUT2D eigenvalue weighted by Crippen LogP contribution is 2.36. The Morgan fingerprint density at radius 3 is 2.63 bits per heavy atom. The monoisotopic (exact) mass is 408 g/mol. The quantitative estimate of drug-likeness (QED) is 0.825. The molecule has 0 aliphatic carbocycles. The highest BCUT2D eigenvalue weighted by molar-refractivity contribution is 6.00. The van der Waals surface area contributed by atoms with Crippen LogP contribution in [0.3, 0.4) is 0 Å². The lowest BCUT2D eigenvalue weighted by Gasteiger charge is -2.28. The number of carbonyl (C=O) groups excluding carboxylic acids is 2. The van der Waals surface area contributed by atoms with Gasteiger partial charge in [0.1, 0.15) is 13.2 Å². The molecule has 30 heavy (non-hydrogen) atoms. The Balaban J connectivity index is 1.42. The van der Waals surface area contributed by atoms with E-state index in [9.17, 15) is 9.59 Å². The number of hydrogen-bond acceptors (Lipinski definition) is 4. The average Bonchev–Trinajstić information content (AvgIpc) is 3.11. The Morgan fingerprint density at radius 2 is 1.87 bits per heavy atom. The predicted octanol–water partition coefficient (Wildman–Crippen LogP) is 3.26. The molecule has 0 saturated carbocycles. The van der Waals surface area contributed by atoms with E-state index in [0.717, 1.165) is 12.1 Å². The number of rotatable bonds is 5. The van der Waals surface area contributed by atoms with E-state index >= 15 is 0 Å².